The van der Waals surface area contributed by atoms with Crippen molar-refractivity contribution in [2.75, 3.05) is 16.8 Å². The summed E-state index contributed by atoms with van der Waals surface area (Å²) in [5.74, 6) is 1.12. The molecule has 10 heteroatoms. The molecule has 1 atom stereocenters. The minimum Gasteiger partial charge on any atom is -0.369 e. The van der Waals surface area contributed by atoms with Crippen LogP contribution in [0.25, 0.3) is 15.9 Å². The van der Waals surface area contributed by atoms with Gasteiger partial charge in [0.15, 0.2) is 16.0 Å². The van der Waals surface area contributed by atoms with E-state index in [0.29, 0.717) is 11.8 Å². The Morgan fingerprint density at radius 1 is 1.21 bits per heavy atom. The molecule has 178 valence electrons. The summed E-state index contributed by atoms with van der Waals surface area (Å²) in [6.07, 6.45) is 2.83. The summed E-state index contributed by atoms with van der Waals surface area (Å²) in [6, 6.07) is 9.48. The third-order valence-electron chi connectivity index (χ3n) is 5.99. The number of ether oxygens (including phenoxy) is 1. The average Bonchev–Trinajstić information content (AvgIpc) is 3.42. The van der Waals surface area contributed by atoms with Crippen LogP contribution in [0.2, 0.25) is 0 Å². The molecule has 0 unspecified atom stereocenters. The molecule has 4 aromatic rings. The Morgan fingerprint density at radius 3 is 2.79 bits per heavy atom. The first kappa shape index (κ1) is 23.6. The van der Waals surface area contributed by atoms with Gasteiger partial charge in [0.1, 0.15) is 4.83 Å². The molecule has 7 nitrogen and oxygen atoms in total. The molecule has 1 aliphatic heterocycles. The number of carbonyl (C=O) groups excluding carboxylic acids is 1. The predicted molar refractivity (Wildman–Crippen MR) is 140 cm³/mol. The summed E-state index contributed by atoms with van der Waals surface area (Å²) < 4.78 is 8.22. The van der Waals surface area contributed by atoms with Crippen molar-refractivity contribution >= 4 is 62.3 Å². The van der Waals surface area contributed by atoms with E-state index in [2.05, 4.69) is 36.3 Å². The maximum atomic E-state index is 12.5. The van der Waals surface area contributed by atoms with Crippen molar-refractivity contribution in [3.8, 4) is 0 Å². The zero-order chi connectivity index (χ0) is 23.7. The van der Waals surface area contributed by atoms with Crippen molar-refractivity contribution in [2.24, 2.45) is 0 Å². The Hall–Kier alpha value is -2.14. The number of para-hydroxylation sites is 1. The largest absolute Gasteiger partial charge is 0.369 e. The molecule has 0 saturated heterocycles. The first-order chi connectivity index (χ1) is 16.5. The molecule has 0 saturated carbocycles. The second kappa shape index (κ2) is 9.85. The maximum absolute atomic E-state index is 12.5. The molecule has 0 bridgehead atoms. The van der Waals surface area contributed by atoms with Gasteiger partial charge >= 0.3 is 0 Å². The first-order valence-corrected chi connectivity index (χ1v) is 14.2. The van der Waals surface area contributed by atoms with Crippen molar-refractivity contribution in [1.29, 1.82) is 0 Å². The summed E-state index contributed by atoms with van der Waals surface area (Å²) in [7, 11) is 0. The summed E-state index contributed by atoms with van der Waals surface area (Å²) in [6.45, 7) is 7.11. The Bertz CT molecular complexity index is 1340. The number of anilines is 1. The van der Waals surface area contributed by atoms with Crippen LogP contribution in [0, 0.1) is 0 Å². The molecule has 1 N–H and O–H groups in total. The van der Waals surface area contributed by atoms with E-state index in [1.165, 1.54) is 22.2 Å². The lowest BCUT2D eigenvalue weighted by Gasteiger charge is -2.33. The number of thioether (sulfide) groups is 2. The highest BCUT2D eigenvalue weighted by Crippen LogP contribution is 2.42. The summed E-state index contributed by atoms with van der Waals surface area (Å²) in [5.41, 5.74) is 2.71. The van der Waals surface area contributed by atoms with E-state index >= 15 is 0 Å². The van der Waals surface area contributed by atoms with Gasteiger partial charge in [-0.2, -0.15) is 0 Å². The molecule has 1 amide bonds. The molecule has 5 rings (SSSR count). The van der Waals surface area contributed by atoms with Gasteiger partial charge in [0.2, 0.25) is 5.91 Å². The highest BCUT2D eigenvalue weighted by Gasteiger charge is 2.33. The van der Waals surface area contributed by atoms with Crippen LogP contribution in [-0.2, 0) is 22.6 Å². The van der Waals surface area contributed by atoms with E-state index in [1.54, 1.807) is 23.1 Å². The number of rotatable bonds is 8. The highest BCUT2D eigenvalue weighted by molar-refractivity contribution is 8.00. The zero-order valence-electron chi connectivity index (χ0n) is 19.5. The SMILES string of the molecule is CCCSc1nc2sc3c(c2c2nnc(SCC(=O)Nc4ccccc4)n12)C[C@@](C)(CC)OC3. The van der Waals surface area contributed by atoms with Crippen LogP contribution in [0.15, 0.2) is 40.6 Å². The van der Waals surface area contributed by atoms with Gasteiger partial charge < -0.3 is 10.1 Å². The van der Waals surface area contributed by atoms with E-state index in [9.17, 15) is 4.79 Å². The lowest BCUT2D eigenvalue weighted by atomic mass is 9.90. The number of nitrogens with one attached hydrogen (secondary N) is 1. The molecule has 1 aliphatic rings. The van der Waals surface area contributed by atoms with Crippen LogP contribution in [0.4, 0.5) is 5.69 Å². The maximum Gasteiger partial charge on any atom is 0.234 e. The van der Waals surface area contributed by atoms with E-state index < -0.39 is 0 Å². The van der Waals surface area contributed by atoms with Crippen molar-refractivity contribution in [1.82, 2.24) is 19.6 Å². The quantitative estimate of drug-likeness (QED) is 0.235. The average molecular weight is 514 g/mol. The van der Waals surface area contributed by atoms with E-state index in [1.807, 2.05) is 34.7 Å². The highest BCUT2D eigenvalue weighted by atomic mass is 32.2. The number of nitrogens with zero attached hydrogens (tertiary/aromatic N) is 4. The van der Waals surface area contributed by atoms with Crippen LogP contribution in [-0.4, -0.2) is 42.6 Å². The Balaban J connectivity index is 1.51. The van der Waals surface area contributed by atoms with Crippen molar-refractivity contribution in [3.63, 3.8) is 0 Å². The standard InChI is InChI=1S/C24H27N5O2S3/c1-4-11-32-22-26-21-19(16-12-24(3,5-2)31-13-17(16)34-21)20-27-28-23(29(20)22)33-14-18(30)25-15-9-7-6-8-10-15/h6-10H,4-5,11-14H2,1-3H3,(H,25,30)/t24-/m1/s1. The number of thiophene rings is 1. The normalized spacial score (nSPS) is 17.9. The molecule has 0 spiro atoms. The molecular formula is C24H27N5O2S3. The Kier molecular flexibility index (Phi) is 6.83. The van der Waals surface area contributed by atoms with Gasteiger partial charge in [0.05, 0.1) is 23.3 Å². The zero-order valence-corrected chi connectivity index (χ0v) is 21.9. The van der Waals surface area contributed by atoms with Crippen LogP contribution >= 0.6 is 34.9 Å². The molecule has 3 aromatic heterocycles. The fourth-order valence-corrected chi connectivity index (χ4v) is 6.77. The fraction of sp³-hybridized carbons (Fsp3) is 0.417. The topological polar surface area (TPSA) is 81.4 Å². The van der Waals surface area contributed by atoms with Crippen molar-refractivity contribution in [3.05, 3.63) is 40.8 Å². The number of fused-ring (bicyclic) bond motifs is 5. The number of aromatic nitrogens is 4. The monoisotopic (exact) mass is 513 g/mol. The van der Waals surface area contributed by atoms with Crippen molar-refractivity contribution < 1.29 is 9.53 Å². The molecule has 4 heterocycles. The molecule has 1 aromatic carbocycles. The van der Waals surface area contributed by atoms with E-state index in [-0.39, 0.29) is 17.3 Å². The summed E-state index contributed by atoms with van der Waals surface area (Å²) >= 11 is 4.79. The molecule has 0 fully saturated rings. The first-order valence-electron chi connectivity index (χ1n) is 11.4. The summed E-state index contributed by atoms with van der Waals surface area (Å²) in [4.78, 5) is 19.8. The second-order valence-electron chi connectivity index (χ2n) is 8.54. The Labute approximate surface area is 211 Å². The number of hydrogen-bond donors (Lipinski definition) is 1. The lowest BCUT2D eigenvalue weighted by molar-refractivity contribution is -0.113. The van der Waals surface area contributed by atoms with Crippen LogP contribution < -0.4 is 5.32 Å². The van der Waals surface area contributed by atoms with Gasteiger partial charge in [-0.25, -0.2) is 9.38 Å². The van der Waals surface area contributed by atoms with Gasteiger partial charge in [-0.15, -0.1) is 21.5 Å². The van der Waals surface area contributed by atoms with Gasteiger partial charge in [-0.05, 0) is 37.5 Å². The van der Waals surface area contributed by atoms with Gasteiger partial charge in [-0.1, -0.05) is 55.6 Å². The second-order valence-corrected chi connectivity index (χ2v) is 11.6. The molecular weight excluding hydrogens is 486 g/mol. The lowest BCUT2D eigenvalue weighted by Crippen LogP contribution is -2.33. The third kappa shape index (κ3) is 4.56. The van der Waals surface area contributed by atoms with Crippen LogP contribution in [0.1, 0.15) is 44.1 Å². The Morgan fingerprint density at radius 2 is 2.03 bits per heavy atom. The fourth-order valence-electron chi connectivity index (χ4n) is 3.98. The number of carbonyl (C=O) groups is 1. The van der Waals surface area contributed by atoms with Crippen LogP contribution in [0.3, 0.4) is 0 Å². The number of hydrogen-bond acceptors (Lipinski definition) is 8. The van der Waals surface area contributed by atoms with Crippen LogP contribution in [0.5, 0.6) is 0 Å². The van der Waals surface area contributed by atoms with Gasteiger partial charge in [-0.3, -0.25) is 4.79 Å². The van der Waals surface area contributed by atoms with E-state index in [4.69, 9.17) is 9.72 Å². The molecule has 0 radical (unpaired) electrons. The molecule has 34 heavy (non-hydrogen) atoms. The van der Waals surface area contributed by atoms with Gasteiger partial charge in [0.25, 0.3) is 0 Å². The smallest absolute Gasteiger partial charge is 0.234 e. The minimum atomic E-state index is -0.180. The third-order valence-corrected chi connectivity index (χ3v) is 9.17. The minimum absolute atomic E-state index is 0.0754. The van der Waals surface area contributed by atoms with Crippen molar-refractivity contribution in [2.45, 2.75) is 62.6 Å². The molecule has 0 aliphatic carbocycles. The summed E-state index contributed by atoms with van der Waals surface area (Å²) in [5, 5.41) is 14.7. The predicted octanol–water partition coefficient (Wildman–Crippen LogP) is 5.81. The van der Waals surface area contributed by atoms with Gasteiger partial charge in [0, 0.05) is 22.7 Å². The number of benzene rings is 1. The number of amides is 1. The van der Waals surface area contributed by atoms with E-state index in [0.717, 1.165) is 51.7 Å².